The van der Waals surface area contributed by atoms with Crippen molar-refractivity contribution in [3.8, 4) is 0 Å². The van der Waals surface area contributed by atoms with Crippen LogP contribution < -0.4 is 11.3 Å². The van der Waals surface area contributed by atoms with E-state index >= 15 is 0 Å². The average Bonchev–Trinajstić information content (AvgIpc) is 2.16. The van der Waals surface area contributed by atoms with E-state index in [4.69, 9.17) is 5.84 Å². The lowest BCUT2D eigenvalue weighted by molar-refractivity contribution is -0.121. The zero-order valence-corrected chi connectivity index (χ0v) is 7.75. The first kappa shape index (κ1) is 11.5. The summed E-state index contributed by atoms with van der Waals surface area (Å²) in [7, 11) is 0. The van der Waals surface area contributed by atoms with Crippen LogP contribution in [0.4, 0.5) is 18.9 Å². The third-order valence-electron chi connectivity index (χ3n) is 1.55. The summed E-state index contributed by atoms with van der Waals surface area (Å²) in [6.45, 7) is 0. The molecular weight excluding hydrogens is 207 g/mol. The standard InChI is InChI=1S/C9H10F3N3/c10-9(11,12)6-8(15-13)14-7-4-2-1-3-5-7/h1-5H,6,13H2,(H,14,15). The summed E-state index contributed by atoms with van der Waals surface area (Å²) < 4.78 is 36.1. The van der Waals surface area contributed by atoms with Gasteiger partial charge >= 0.3 is 6.18 Å². The van der Waals surface area contributed by atoms with Gasteiger partial charge in [0.25, 0.3) is 0 Å². The van der Waals surface area contributed by atoms with Crippen molar-refractivity contribution in [2.24, 2.45) is 10.8 Å². The fourth-order valence-electron chi connectivity index (χ4n) is 0.971. The van der Waals surface area contributed by atoms with Crippen molar-refractivity contribution in [2.45, 2.75) is 12.6 Å². The highest BCUT2D eigenvalue weighted by atomic mass is 19.4. The van der Waals surface area contributed by atoms with Crippen molar-refractivity contribution in [3.05, 3.63) is 30.3 Å². The number of nitrogens with zero attached hydrogens (tertiary/aromatic N) is 1. The molecule has 1 aromatic carbocycles. The number of nitrogens with two attached hydrogens (primary N) is 1. The third-order valence-corrected chi connectivity index (χ3v) is 1.55. The molecule has 0 amide bonds. The summed E-state index contributed by atoms with van der Waals surface area (Å²) in [6.07, 6.45) is -5.49. The van der Waals surface area contributed by atoms with Crippen LogP contribution in [0.5, 0.6) is 0 Å². The van der Waals surface area contributed by atoms with E-state index in [1.165, 1.54) is 0 Å². The Morgan fingerprint density at radius 3 is 2.33 bits per heavy atom. The van der Waals surface area contributed by atoms with Crippen molar-refractivity contribution in [2.75, 3.05) is 0 Å². The molecule has 82 valence electrons. The fourth-order valence-corrected chi connectivity index (χ4v) is 0.971. The van der Waals surface area contributed by atoms with Crippen molar-refractivity contribution >= 4 is 11.5 Å². The molecule has 3 nitrogen and oxygen atoms in total. The first-order chi connectivity index (χ1) is 7.01. The zero-order valence-electron chi connectivity index (χ0n) is 7.75. The Morgan fingerprint density at radius 1 is 1.27 bits per heavy atom. The van der Waals surface area contributed by atoms with E-state index in [9.17, 15) is 13.2 Å². The number of amidine groups is 1. The minimum atomic E-state index is -4.32. The molecule has 0 unspecified atom stereocenters. The molecule has 0 aliphatic heterocycles. The van der Waals surface area contributed by atoms with Gasteiger partial charge < -0.3 is 5.43 Å². The lowest BCUT2D eigenvalue weighted by atomic mass is 10.3. The van der Waals surface area contributed by atoms with Gasteiger partial charge in [0.2, 0.25) is 0 Å². The normalized spacial score (nSPS) is 12.7. The molecule has 0 fully saturated rings. The summed E-state index contributed by atoms with van der Waals surface area (Å²) in [5.41, 5.74) is 2.36. The molecule has 0 bridgehead atoms. The molecular formula is C9H10F3N3. The summed E-state index contributed by atoms with van der Waals surface area (Å²) in [5, 5.41) is 0. The number of para-hydroxylation sites is 1. The minimum absolute atomic E-state index is 0.311. The second-order valence-corrected chi connectivity index (χ2v) is 2.83. The molecule has 0 atom stereocenters. The maximum atomic E-state index is 12.0. The molecule has 0 saturated carbocycles. The number of benzene rings is 1. The fraction of sp³-hybridized carbons (Fsp3) is 0.222. The van der Waals surface area contributed by atoms with E-state index in [1.54, 1.807) is 30.3 Å². The Morgan fingerprint density at radius 2 is 1.87 bits per heavy atom. The van der Waals surface area contributed by atoms with Gasteiger partial charge in [0.1, 0.15) is 12.3 Å². The molecule has 0 saturated heterocycles. The van der Waals surface area contributed by atoms with E-state index in [0.717, 1.165) is 0 Å². The number of nitrogens with one attached hydrogen (secondary N) is 1. The number of rotatable bonds is 2. The summed E-state index contributed by atoms with van der Waals surface area (Å²) in [5.74, 6) is 4.64. The van der Waals surface area contributed by atoms with Gasteiger partial charge in [0, 0.05) is 0 Å². The van der Waals surface area contributed by atoms with E-state index < -0.39 is 12.6 Å². The highest BCUT2D eigenvalue weighted by molar-refractivity contribution is 5.84. The van der Waals surface area contributed by atoms with Crippen LogP contribution in [0, 0.1) is 0 Å². The molecule has 0 aliphatic carbocycles. The number of hydrogen-bond acceptors (Lipinski definition) is 2. The smallest absolute Gasteiger partial charge is 0.312 e. The SMILES string of the molecule is NNC(CC(F)(F)F)=Nc1ccccc1. The van der Waals surface area contributed by atoms with Crippen LogP contribution in [0.2, 0.25) is 0 Å². The van der Waals surface area contributed by atoms with E-state index in [-0.39, 0.29) is 5.84 Å². The Hall–Kier alpha value is -1.56. The zero-order chi connectivity index (χ0) is 11.3. The highest BCUT2D eigenvalue weighted by Crippen LogP contribution is 2.21. The average molecular weight is 217 g/mol. The number of aliphatic imine (C=N–C) groups is 1. The predicted molar refractivity (Wildman–Crippen MR) is 51.5 cm³/mol. The van der Waals surface area contributed by atoms with Gasteiger partial charge in [0.15, 0.2) is 0 Å². The lowest BCUT2D eigenvalue weighted by Crippen LogP contribution is -2.33. The maximum absolute atomic E-state index is 12.0. The van der Waals surface area contributed by atoms with Gasteiger partial charge in [-0.1, -0.05) is 18.2 Å². The van der Waals surface area contributed by atoms with Crippen LogP contribution in [0.25, 0.3) is 0 Å². The number of halogens is 3. The maximum Gasteiger partial charge on any atom is 0.396 e. The molecule has 0 spiro atoms. The second-order valence-electron chi connectivity index (χ2n) is 2.83. The van der Waals surface area contributed by atoms with Crippen LogP contribution in [-0.4, -0.2) is 12.0 Å². The largest absolute Gasteiger partial charge is 0.396 e. The molecule has 3 N–H and O–H groups in total. The number of alkyl halides is 3. The Labute approximate surface area is 84.8 Å². The third kappa shape index (κ3) is 4.46. The van der Waals surface area contributed by atoms with E-state index in [2.05, 4.69) is 4.99 Å². The highest BCUT2D eigenvalue weighted by Gasteiger charge is 2.29. The van der Waals surface area contributed by atoms with Crippen LogP contribution >= 0.6 is 0 Å². The Kier molecular flexibility index (Phi) is 3.68. The minimum Gasteiger partial charge on any atom is -0.312 e. The Bertz CT molecular complexity index is 332. The van der Waals surface area contributed by atoms with Gasteiger partial charge in [-0.2, -0.15) is 13.2 Å². The van der Waals surface area contributed by atoms with Crippen LogP contribution in [-0.2, 0) is 0 Å². The molecule has 0 aliphatic rings. The predicted octanol–water partition coefficient (Wildman–Crippen LogP) is 2.13. The summed E-state index contributed by atoms with van der Waals surface area (Å²) >= 11 is 0. The second kappa shape index (κ2) is 4.79. The van der Waals surface area contributed by atoms with Crippen LogP contribution in [0.3, 0.4) is 0 Å². The summed E-state index contributed by atoms with van der Waals surface area (Å²) in [4.78, 5) is 3.72. The molecule has 1 rings (SSSR count). The molecule has 1 aromatic rings. The molecule has 15 heavy (non-hydrogen) atoms. The summed E-state index contributed by atoms with van der Waals surface area (Å²) in [6, 6.07) is 8.29. The monoisotopic (exact) mass is 217 g/mol. The molecule has 0 heterocycles. The van der Waals surface area contributed by atoms with Crippen molar-refractivity contribution in [1.29, 1.82) is 0 Å². The topological polar surface area (TPSA) is 50.4 Å². The first-order valence-electron chi connectivity index (χ1n) is 4.17. The molecule has 6 heteroatoms. The lowest BCUT2D eigenvalue weighted by Gasteiger charge is -2.08. The van der Waals surface area contributed by atoms with Crippen LogP contribution in [0.1, 0.15) is 6.42 Å². The Balaban J connectivity index is 2.79. The van der Waals surface area contributed by atoms with E-state index in [0.29, 0.717) is 5.69 Å². The van der Waals surface area contributed by atoms with Gasteiger partial charge in [-0.05, 0) is 12.1 Å². The number of hydrazine groups is 1. The molecule has 0 radical (unpaired) electrons. The van der Waals surface area contributed by atoms with Gasteiger partial charge in [-0.3, -0.25) is 0 Å². The van der Waals surface area contributed by atoms with Crippen LogP contribution in [0.15, 0.2) is 35.3 Å². The van der Waals surface area contributed by atoms with Gasteiger partial charge in [0.05, 0.1) is 5.69 Å². The van der Waals surface area contributed by atoms with Gasteiger partial charge in [-0.15, -0.1) is 0 Å². The molecule has 0 aromatic heterocycles. The van der Waals surface area contributed by atoms with Gasteiger partial charge in [-0.25, -0.2) is 10.8 Å². The first-order valence-corrected chi connectivity index (χ1v) is 4.17. The van der Waals surface area contributed by atoms with Crippen molar-refractivity contribution < 1.29 is 13.2 Å². The van der Waals surface area contributed by atoms with E-state index in [1.807, 2.05) is 5.43 Å². The van der Waals surface area contributed by atoms with Crippen molar-refractivity contribution in [3.63, 3.8) is 0 Å². The van der Waals surface area contributed by atoms with Crippen molar-refractivity contribution in [1.82, 2.24) is 5.43 Å². The number of hydrogen-bond donors (Lipinski definition) is 2. The quantitative estimate of drug-likeness (QED) is 0.345.